The summed E-state index contributed by atoms with van der Waals surface area (Å²) < 4.78 is 0. The molecule has 16 heavy (non-hydrogen) atoms. The quantitative estimate of drug-likeness (QED) is 0.683. The Bertz CT molecular complexity index is 300. The smallest absolute Gasteiger partial charge is 0.147 e. The van der Waals surface area contributed by atoms with Crippen LogP contribution in [0.15, 0.2) is 0 Å². The van der Waals surface area contributed by atoms with Crippen LogP contribution in [0.5, 0.6) is 0 Å². The highest BCUT2D eigenvalue weighted by Gasteiger charge is 2.34. The average molecular weight is 236 g/mol. The molecule has 0 aliphatic carbocycles. The Morgan fingerprint density at radius 1 is 1.25 bits per heavy atom. The second-order valence-electron chi connectivity index (χ2n) is 4.83. The lowest BCUT2D eigenvalue weighted by molar-refractivity contribution is -0.122. The van der Waals surface area contributed by atoms with E-state index in [1.807, 2.05) is 6.92 Å². The maximum atomic E-state index is 12.0. The molecule has 2 fully saturated rings. The normalized spacial score (nSPS) is 32.7. The largest absolute Gasteiger partial charge is 0.298 e. The minimum absolute atomic E-state index is 0.322. The molecule has 2 aliphatic heterocycles. The maximum absolute atomic E-state index is 12.0. The molecule has 0 saturated carbocycles. The standard InChI is InChI=1S/C14H20OS/c1-2-3-4-8-14(15)11-9-12-6-5-7-13(10-11)16-12/h11-13H,2,5-10H2,1H3. The van der Waals surface area contributed by atoms with Gasteiger partial charge in [0.1, 0.15) is 5.78 Å². The van der Waals surface area contributed by atoms with Crippen LogP contribution in [-0.4, -0.2) is 16.3 Å². The molecular formula is C14H20OS. The lowest BCUT2D eigenvalue weighted by Crippen LogP contribution is -2.32. The van der Waals surface area contributed by atoms with E-state index in [2.05, 4.69) is 23.6 Å². The van der Waals surface area contributed by atoms with Gasteiger partial charge in [-0.25, -0.2) is 0 Å². The van der Waals surface area contributed by atoms with Crippen LogP contribution in [0, 0.1) is 17.8 Å². The van der Waals surface area contributed by atoms with Gasteiger partial charge in [-0.2, -0.15) is 11.8 Å². The summed E-state index contributed by atoms with van der Waals surface area (Å²) in [6, 6.07) is 0. The number of ketones is 1. The first-order chi connectivity index (χ1) is 7.79. The van der Waals surface area contributed by atoms with Gasteiger partial charge in [0.05, 0.1) is 6.42 Å². The molecule has 2 heteroatoms. The molecule has 2 aliphatic rings. The molecular weight excluding hydrogens is 216 g/mol. The summed E-state index contributed by atoms with van der Waals surface area (Å²) in [5.41, 5.74) is 0. The van der Waals surface area contributed by atoms with E-state index >= 15 is 0 Å². The summed E-state index contributed by atoms with van der Waals surface area (Å²) in [5.74, 6) is 6.71. The van der Waals surface area contributed by atoms with Crippen molar-refractivity contribution >= 4 is 17.5 Å². The number of thioether (sulfide) groups is 1. The van der Waals surface area contributed by atoms with Crippen molar-refractivity contribution in [3.8, 4) is 11.8 Å². The predicted octanol–water partition coefficient (Wildman–Crippen LogP) is 3.42. The maximum Gasteiger partial charge on any atom is 0.147 e. The third-order valence-corrected chi connectivity index (χ3v) is 5.18. The molecule has 0 aromatic heterocycles. The highest BCUT2D eigenvalue weighted by Crippen LogP contribution is 2.44. The minimum Gasteiger partial charge on any atom is -0.298 e. The molecule has 2 rings (SSSR count). The first-order valence-corrected chi connectivity index (χ1v) is 7.37. The summed E-state index contributed by atoms with van der Waals surface area (Å²) in [6.45, 7) is 2.03. The number of rotatable bonds is 2. The Kier molecular flexibility index (Phi) is 4.35. The summed E-state index contributed by atoms with van der Waals surface area (Å²) in [6.07, 6.45) is 7.61. The summed E-state index contributed by atoms with van der Waals surface area (Å²) in [7, 11) is 0. The van der Waals surface area contributed by atoms with Gasteiger partial charge in [0.25, 0.3) is 0 Å². The highest BCUT2D eigenvalue weighted by atomic mass is 32.2. The van der Waals surface area contributed by atoms with Crippen molar-refractivity contribution in [2.24, 2.45) is 5.92 Å². The van der Waals surface area contributed by atoms with E-state index in [0.29, 0.717) is 18.1 Å². The van der Waals surface area contributed by atoms with Crippen LogP contribution in [0.1, 0.15) is 51.9 Å². The van der Waals surface area contributed by atoms with Crippen molar-refractivity contribution in [1.29, 1.82) is 0 Å². The molecule has 0 N–H and O–H groups in total. The van der Waals surface area contributed by atoms with Gasteiger partial charge in [-0.05, 0) is 25.7 Å². The van der Waals surface area contributed by atoms with Crippen molar-refractivity contribution in [3.63, 3.8) is 0 Å². The monoisotopic (exact) mass is 236 g/mol. The van der Waals surface area contributed by atoms with E-state index < -0.39 is 0 Å². The first-order valence-electron chi connectivity index (χ1n) is 6.43. The third kappa shape index (κ3) is 3.04. The number of Topliss-reactive ketones (excluding diaryl/α,β-unsaturated/α-hetero) is 1. The number of hydrogen-bond donors (Lipinski definition) is 0. The fraction of sp³-hybridized carbons (Fsp3) is 0.786. The molecule has 2 heterocycles. The van der Waals surface area contributed by atoms with Crippen molar-refractivity contribution in [2.45, 2.75) is 62.4 Å². The molecule has 1 nitrogen and oxygen atoms in total. The first kappa shape index (κ1) is 12.0. The Labute approximate surface area is 103 Å². The summed E-state index contributed by atoms with van der Waals surface area (Å²) in [5, 5.41) is 1.53. The van der Waals surface area contributed by atoms with Crippen LogP contribution in [-0.2, 0) is 4.79 Å². The van der Waals surface area contributed by atoms with Crippen LogP contribution >= 0.6 is 11.8 Å². The van der Waals surface area contributed by atoms with E-state index in [-0.39, 0.29) is 0 Å². The van der Waals surface area contributed by atoms with E-state index in [0.717, 1.165) is 29.8 Å². The molecule has 0 spiro atoms. The molecule has 0 aromatic carbocycles. The van der Waals surface area contributed by atoms with E-state index in [1.54, 1.807) is 0 Å². The number of hydrogen-bond acceptors (Lipinski definition) is 2. The zero-order valence-corrected chi connectivity index (χ0v) is 10.8. The number of carbonyl (C=O) groups is 1. The molecule has 2 unspecified atom stereocenters. The molecule has 2 atom stereocenters. The lowest BCUT2D eigenvalue weighted by atomic mass is 9.86. The minimum atomic E-state index is 0.322. The van der Waals surface area contributed by atoms with Crippen LogP contribution in [0.25, 0.3) is 0 Å². The topological polar surface area (TPSA) is 17.1 Å². The Hall–Kier alpha value is -0.420. The molecule has 2 saturated heterocycles. The average Bonchev–Trinajstić information content (AvgIpc) is 2.28. The molecule has 0 radical (unpaired) electrons. The lowest BCUT2D eigenvalue weighted by Gasteiger charge is -2.37. The Balaban J connectivity index is 1.87. The van der Waals surface area contributed by atoms with Crippen molar-refractivity contribution in [3.05, 3.63) is 0 Å². The van der Waals surface area contributed by atoms with Crippen LogP contribution < -0.4 is 0 Å². The molecule has 0 aromatic rings. The zero-order chi connectivity index (χ0) is 11.4. The van der Waals surface area contributed by atoms with Crippen LogP contribution in [0.2, 0.25) is 0 Å². The SMILES string of the molecule is CCC#CCC(=O)C1CC2CCCC(C1)S2. The van der Waals surface area contributed by atoms with Crippen molar-refractivity contribution < 1.29 is 4.79 Å². The van der Waals surface area contributed by atoms with Crippen LogP contribution in [0.3, 0.4) is 0 Å². The third-order valence-electron chi connectivity index (χ3n) is 3.55. The van der Waals surface area contributed by atoms with E-state index in [9.17, 15) is 4.79 Å². The molecule has 0 amide bonds. The highest BCUT2D eigenvalue weighted by molar-refractivity contribution is 8.00. The van der Waals surface area contributed by atoms with Gasteiger partial charge in [-0.1, -0.05) is 19.3 Å². The fourth-order valence-electron chi connectivity index (χ4n) is 2.74. The second-order valence-corrected chi connectivity index (χ2v) is 6.44. The summed E-state index contributed by atoms with van der Waals surface area (Å²) in [4.78, 5) is 12.0. The summed E-state index contributed by atoms with van der Waals surface area (Å²) >= 11 is 2.13. The Morgan fingerprint density at radius 3 is 2.56 bits per heavy atom. The molecule has 2 bridgehead atoms. The van der Waals surface area contributed by atoms with Gasteiger partial charge in [0.15, 0.2) is 0 Å². The van der Waals surface area contributed by atoms with Gasteiger partial charge in [-0.15, -0.1) is 5.92 Å². The van der Waals surface area contributed by atoms with Gasteiger partial charge in [0.2, 0.25) is 0 Å². The van der Waals surface area contributed by atoms with Crippen LogP contribution in [0.4, 0.5) is 0 Å². The van der Waals surface area contributed by atoms with Crippen molar-refractivity contribution in [1.82, 2.24) is 0 Å². The number of carbonyl (C=O) groups excluding carboxylic acids is 1. The predicted molar refractivity (Wildman–Crippen MR) is 69.4 cm³/mol. The van der Waals surface area contributed by atoms with E-state index in [1.165, 1.54) is 19.3 Å². The van der Waals surface area contributed by atoms with E-state index in [4.69, 9.17) is 0 Å². The van der Waals surface area contributed by atoms with Gasteiger partial charge in [0, 0.05) is 22.8 Å². The van der Waals surface area contributed by atoms with Crippen molar-refractivity contribution in [2.75, 3.05) is 0 Å². The van der Waals surface area contributed by atoms with Gasteiger partial charge < -0.3 is 0 Å². The van der Waals surface area contributed by atoms with Gasteiger partial charge in [-0.3, -0.25) is 4.79 Å². The second kappa shape index (κ2) is 5.77. The number of fused-ring (bicyclic) bond motifs is 2. The fourth-order valence-corrected chi connectivity index (χ4v) is 4.58. The zero-order valence-electron chi connectivity index (χ0n) is 10.00. The Morgan fingerprint density at radius 2 is 1.94 bits per heavy atom. The van der Waals surface area contributed by atoms with Gasteiger partial charge >= 0.3 is 0 Å². The molecule has 88 valence electrons.